The smallest absolute Gasteiger partial charge is 0.321 e. The van der Waals surface area contributed by atoms with Gasteiger partial charge in [-0.3, -0.25) is 9.69 Å². The number of hydrogen-bond acceptors (Lipinski definition) is 3. The first kappa shape index (κ1) is 11.3. The molecule has 0 bridgehead atoms. The molecule has 0 aromatic rings. The van der Waals surface area contributed by atoms with Crippen LogP contribution in [0.4, 0.5) is 0 Å². The molecule has 2 fully saturated rings. The highest BCUT2D eigenvalue weighted by Crippen LogP contribution is 2.27. The summed E-state index contributed by atoms with van der Waals surface area (Å²) in [6.45, 7) is 0.965. The Morgan fingerprint density at radius 2 is 2.00 bits per heavy atom. The van der Waals surface area contributed by atoms with Crippen LogP contribution in [0.15, 0.2) is 0 Å². The largest absolute Gasteiger partial charge is 0.480 e. The molecule has 86 valence electrons. The molecule has 0 aromatic carbocycles. The second-order valence-corrected chi connectivity index (χ2v) is 5.61. The van der Waals surface area contributed by atoms with Crippen LogP contribution in [0.25, 0.3) is 0 Å². The van der Waals surface area contributed by atoms with Gasteiger partial charge in [-0.2, -0.15) is 11.8 Å². The monoisotopic (exact) mass is 229 g/mol. The second-order valence-electron chi connectivity index (χ2n) is 4.46. The summed E-state index contributed by atoms with van der Waals surface area (Å²) < 4.78 is 0. The molecule has 1 atom stereocenters. The lowest BCUT2D eigenvalue weighted by Gasteiger charge is -2.40. The van der Waals surface area contributed by atoms with E-state index in [0.29, 0.717) is 6.04 Å². The SMILES string of the molecule is O=C(O)C1CSCCN1C1CCCCC1. The lowest BCUT2D eigenvalue weighted by Crippen LogP contribution is -2.52. The zero-order valence-corrected chi connectivity index (χ0v) is 9.84. The van der Waals surface area contributed by atoms with Crippen LogP contribution in [0.5, 0.6) is 0 Å². The van der Waals surface area contributed by atoms with Crippen molar-refractivity contribution in [1.29, 1.82) is 0 Å². The molecule has 1 aliphatic carbocycles. The van der Waals surface area contributed by atoms with Crippen LogP contribution in [0, 0.1) is 0 Å². The summed E-state index contributed by atoms with van der Waals surface area (Å²) in [6.07, 6.45) is 6.29. The lowest BCUT2D eigenvalue weighted by molar-refractivity contribution is -0.143. The van der Waals surface area contributed by atoms with Gasteiger partial charge in [-0.15, -0.1) is 0 Å². The third kappa shape index (κ3) is 2.67. The molecule has 2 aliphatic rings. The van der Waals surface area contributed by atoms with Gasteiger partial charge in [0.25, 0.3) is 0 Å². The standard InChI is InChI=1S/C11H19NO2S/c13-11(14)10-8-15-7-6-12(10)9-4-2-1-3-5-9/h9-10H,1-8H2,(H,13,14). The summed E-state index contributed by atoms with van der Waals surface area (Å²) in [5.41, 5.74) is 0. The van der Waals surface area contributed by atoms with E-state index in [1.165, 1.54) is 32.1 Å². The van der Waals surface area contributed by atoms with Gasteiger partial charge in [-0.05, 0) is 12.8 Å². The van der Waals surface area contributed by atoms with Crippen molar-refractivity contribution in [3.8, 4) is 0 Å². The topological polar surface area (TPSA) is 40.5 Å². The molecule has 2 rings (SSSR count). The minimum atomic E-state index is -0.632. The third-order valence-corrected chi connectivity index (χ3v) is 4.52. The second kappa shape index (κ2) is 5.21. The van der Waals surface area contributed by atoms with Gasteiger partial charge in [0.15, 0.2) is 0 Å². The molecule has 1 N–H and O–H groups in total. The zero-order valence-electron chi connectivity index (χ0n) is 9.02. The van der Waals surface area contributed by atoms with Crippen molar-refractivity contribution in [2.24, 2.45) is 0 Å². The molecule has 0 spiro atoms. The van der Waals surface area contributed by atoms with E-state index in [0.717, 1.165) is 18.1 Å². The number of nitrogens with zero attached hydrogens (tertiary/aromatic N) is 1. The maximum Gasteiger partial charge on any atom is 0.321 e. The summed E-state index contributed by atoms with van der Waals surface area (Å²) in [6, 6.07) is 0.313. The minimum Gasteiger partial charge on any atom is -0.480 e. The van der Waals surface area contributed by atoms with Crippen LogP contribution in [-0.2, 0) is 4.79 Å². The Labute approximate surface area is 95.2 Å². The van der Waals surface area contributed by atoms with Gasteiger partial charge < -0.3 is 5.11 Å². The first-order valence-electron chi connectivity index (χ1n) is 5.85. The molecule has 15 heavy (non-hydrogen) atoms. The number of hydrogen-bond donors (Lipinski definition) is 1. The highest BCUT2D eigenvalue weighted by Gasteiger charge is 2.34. The van der Waals surface area contributed by atoms with Crippen LogP contribution >= 0.6 is 11.8 Å². The lowest BCUT2D eigenvalue weighted by atomic mass is 9.93. The third-order valence-electron chi connectivity index (χ3n) is 3.50. The van der Waals surface area contributed by atoms with Gasteiger partial charge in [0.2, 0.25) is 0 Å². The maximum atomic E-state index is 11.2. The fourth-order valence-corrected chi connectivity index (χ4v) is 3.74. The Hall–Kier alpha value is -0.220. The van der Waals surface area contributed by atoms with Gasteiger partial charge in [0, 0.05) is 24.1 Å². The summed E-state index contributed by atoms with van der Waals surface area (Å²) >= 11 is 1.78. The van der Waals surface area contributed by atoms with E-state index in [9.17, 15) is 9.90 Å². The van der Waals surface area contributed by atoms with Crippen molar-refractivity contribution in [2.75, 3.05) is 18.1 Å². The molecule has 0 aromatic heterocycles. The first-order chi connectivity index (χ1) is 7.29. The minimum absolute atomic E-state index is 0.230. The Bertz CT molecular complexity index is 229. The number of carboxylic acid groups (broad SMARTS) is 1. The average molecular weight is 229 g/mol. The quantitative estimate of drug-likeness (QED) is 0.784. The summed E-state index contributed by atoms with van der Waals surface area (Å²) in [5, 5.41) is 9.18. The first-order valence-corrected chi connectivity index (χ1v) is 7.01. The summed E-state index contributed by atoms with van der Waals surface area (Å²) in [5.74, 6) is 1.24. The Morgan fingerprint density at radius 1 is 1.27 bits per heavy atom. The molecule has 1 saturated carbocycles. The van der Waals surface area contributed by atoms with Gasteiger partial charge >= 0.3 is 5.97 Å². The number of carbonyl (C=O) groups is 1. The molecule has 3 nitrogen and oxygen atoms in total. The fourth-order valence-electron chi connectivity index (χ4n) is 2.68. The zero-order chi connectivity index (χ0) is 10.7. The van der Waals surface area contributed by atoms with Gasteiger partial charge in [0.1, 0.15) is 6.04 Å². The summed E-state index contributed by atoms with van der Waals surface area (Å²) in [7, 11) is 0. The number of thioether (sulfide) groups is 1. The maximum absolute atomic E-state index is 11.2. The van der Waals surface area contributed by atoms with E-state index in [1.807, 2.05) is 0 Å². The van der Waals surface area contributed by atoms with E-state index < -0.39 is 5.97 Å². The predicted octanol–water partition coefficient (Wildman–Crippen LogP) is 1.82. The normalized spacial score (nSPS) is 30.3. The molecule has 1 saturated heterocycles. The van der Waals surface area contributed by atoms with Crippen molar-refractivity contribution < 1.29 is 9.90 Å². The molecular weight excluding hydrogens is 210 g/mol. The van der Waals surface area contributed by atoms with Crippen LogP contribution in [0.2, 0.25) is 0 Å². The van der Waals surface area contributed by atoms with Crippen LogP contribution < -0.4 is 0 Å². The molecule has 0 amide bonds. The van der Waals surface area contributed by atoms with Gasteiger partial charge in [-0.1, -0.05) is 19.3 Å². The van der Waals surface area contributed by atoms with E-state index in [2.05, 4.69) is 4.90 Å². The molecule has 4 heteroatoms. The molecule has 1 unspecified atom stereocenters. The Kier molecular flexibility index (Phi) is 3.92. The number of aliphatic carboxylic acids is 1. The Morgan fingerprint density at radius 3 is 2.67 bits per heavy atom. The highest BCUT2D eigenvalue weighted by molar-refractivity contribution is 7.99. The summed E-state index contributed by atoms with van der Waals surface area (Å²) in [4.78, 5) is 13.4. The van der Waals surface area contributed by atoms with Crippen molar-refractivity contribution in [1.82, 2.24) is 4.90 Å². The fraction of sp³-hybridized carbons (Fsp3) is 0.909. The van der Waals surface area contributed by atoms with E-state index in [-0.39, 0.29) is 6.04 Å². The molecule has 1 heterocycles. The van der Waals surface area contributed by atoms with Gasteiger partial charge in [0.05, 0.1) is 0 Å². The molecule has 1 aliphatic heterocycles. The van der Waals surface area contributed by atoms with Crippen molar-refractivity contribution in [3.05, 3.63) is 0 Å². The van der Waals surface area contributed by atoms with E-state index in [4.69, 9.17) is 0 Å². The van der Waals surface area contributed by atoms with Crippen LogP contribution in [-0.4, -0.2) is 46.1 Å². The van der Waals surface area contributed by atoms with Crippen LogP contribution in [0.3, 0.4) is 0 Å². The molecule has 0 radical (unpaired) electrons. The number of carboxylic acids is 1. The van der Waals surface area contributed by atoms with Crippen molar-refractivity contribution in [2.45, 2.75) is 44.2 Å². The highest BCUT2D eigenvalue weighted by atomic mass is 32.2. The number of rotatable bonds is 2. The molecular formula is C11H19NO2S. The van der Waals surface area contributed by atoms with Crippen LogP contribution in [0.1, 0.15) is 32.1 Å². The van der Waals surface area contributed by atoms with Crippen molar-refractivity contribution >= 4 is 17.7 Å². The average Bonchev–Trinajstić information content (AvgIpc) is 2.30. The van der Waals surface area contributed by atoms with Gasteiger partial charge in [-0.25, -0.2) is 0 Å². The van der Waals surface area contributed by atoms with E-state index >= 15 is 0 Å². The Balaban J connectivity index is 1.99. The predicted molar refractivity (Wildman–Crippen MR) is 62.3 cm³/mol. The van der Waals surface area contributed by atoms with Crippen molar-refractivity contribution in [3.63, 3.8) is 0 Å². The van der Waals surface area contributed by atoms with E-state index in [1.54, 1.807) is 11.8 Å².